The molecule has 0 saturated carbocycles. The first-order chi connectivity index (χ1) is 9.58. The molecule has 0 saturated heterocycles. The SMILES string of the molecule is O=C(CNc1cccc(Cl)c1Cl)Nc1ccccc1Cl. The highest BCUT2D eigenvalue weighted by molar-refractivity contribution is 6.43. The molecule has 6 heteroatoms. The molecule has 104 valence electrons. The molecule has 0 atom stereocenters. The monoisotopic (exact) mass is 328 g/mol. The summed E-state index contributed by atoms with van der Waals surface area (Å²) < 4.78 is 0. The number of hydrogen-bond donors (Lipinski definition) is 2. The van der Waals surface area contributed by atoms with Crippen molar-refractivity contribution in [1.29, 1.82) is 0 Å². The lowest BCUT2D eigenvalue weighted by Gasteiger charge is -2.10. The van der Waals surface area contributed by atoms with Crippen LogP contribution < -0.4 is 10.6 Å². The fourth-order valence-corrected chi connectivity index (χ4v) is 2.12. The second-order valence-electron chi connectivity index (χ2n) is 3.98. The summed E-state index contributed by atoms with van der Waals surface area (Å²) >= 11 is 17.9. The van der Waals surface area contributed by atoms with Crippen LogP contribution >= 0.6 is 34.8 Å². The van der Waals surface area contributed by atoms with E-state index in [0.717, 1.165) is 0 Å². The summed E-state index contributed by atoms with van der Waals surface area (Å²) in [6.07, 6.45) is 0. The highest BCUT2D eigenvalue weighted by atomic mass is 35.5. The molecule has 2 rings (SSSR count). The predicted molar refractivity (Wildman–Crippen MR) is 85.0 cm³/mol. The average molecular weight is 330 g/mol. The van der Waals surface area contributed by atoms with E-state index in [-0.39, 0.29) is 12.5 Å². The molecule has 0 aromatic heterocycles. The van der Waals surface area contributed by atoms with Gasteiger partial charge in [-0.2, -0.15) is 0 Å². The van der Waals surface area contributed by atoms with Gasteiger partial charge in [0.1, 0.15) is 0 Å². The Labute approximate surface area is 131 Å². The topological polar surface area (TPSA) is 41.1 Å². The van der Waals surface area contributed by atoms with Crippen LogP contribution in [0, 0.1) is 0 Å². The molecule has 20 heavy (non-hydrogen) atoms. The van der Waals surface area contributed by atoms with Crippen LogP contribution in [0.2, 0.25) is 15.1 Å². The zero-order valence-corrected chi connectivity index (χ0v) is 12.6. The molecule has 0 aliphatic carbocycles. The minimum atomic E-state index is -0.228. The van der Waals surface area contributed by atoms with E-state index in [2.05, 4.69) is 10.6 Å². The Morgan fingerprint density at radius 3 is 2.30 bits per heavy atom. The highest BCUT2D eigenvalue weighted by Crippen LogP contribution is 2.29. The average Bonchev–Trinajstić information content (AvgIpc) is 2.43. The van der Waals surface area contributed by atoms with Crippen LogP contribution in [0.4, 0.5) is 11.4 Å². The van der Waals surface area contributed by atoms with E-state index in [1.807, 2.05) is 0 Å². The third-order valence-corrected chi connectivity index (χ3v) is 3.69. The van der Waals surface area contributed by atoms with Crippen LogP contribution in [0.3, 0.4) is 0 Å². The van der Waals surface area contributed by atoms with Crippen LogP contribution in [0.15, 0.2) is 42.5 Å². The smallest absolute Gasteiger partial charge is 0.243 e. The van der Waals surface area contributed by atoms with Gasteiger partial charge in [0, 0.05) is 0 Å². The van der Waals surface area contributed by atoms with Gasteiger partial charge in [-0.25, -0.2) is 0 Å². The summed E-state index contributed by atoms with van der Waals surface area (Å²) in [7, 11) is 0. The number of hydrogen-bond acceptors (Lipinski definition) is 2. The van der Waals surface area contributed by atoms with Gasteiger partial charge in [0.2, 0.25) is 5.91 Å². The summed E-state index contributed by atoms with van der Waals surface area (Å²) in [6.45, 7) is 0.0608. The van der Waals surface area contributed by atoms with Crippen molar-refractivity contribution in [2.75, 3.05) is 17.2 Å². The Balaban J connectivity index is 1.96. The van der Waals surface area contributed by atoms with E-state index >= 15 is 0 Å². The van der Waals surface area contributed by atoms with Crippen molar-refractivity contribution in [1.82, 2.24) is 0 Å². The van der Waals surface area contributed by atoms with E-state index in [1.165, 1.54) is 0 Å². The third kappa shape index (κ3) is 3.79. The molecule has 0 unspecified atom stereocenters. The van der Waals surface area contributed by atoms with Gasteiger partial charge < -0.3 is 10.6 Å². The van der Waals surface area contributed by atoms with Gasteiger partial charge in [-0.15, -0.1) is 0 Å². The number of nitrogens with one attached hydrogen (secondary N) is 2. The number of carbonyl (C=O) groups is 1. The molecule has 0 aliphatic heterocycles. The third-order valence-electron chi connectivity index (χ3n) is 2.54. The van der Waals surface area contributed by atoms with Gasteiger partial charge in [-0.05, 0) is 24.3 Å². The van der Waals surface area contributed by atoms with Crippen LogP contribution in [0.25, 0.3) is 0 Å². The largest absolute Gasteiger partial charge is 0.375 e. The molecule has 2 aromatic carbocycles. The molecule has 0 radical (unpaired) electrons. The minimum absolute atomic E-state index is 0.0608. The molecule has 2 aromatic rings. The zero-order valence-electron chi connectivity index (χ0n) is 10.3. The van der Waals surface area contributed by atoms with Crippen LogP contribution in [0.5, 0.6) is 0 Å². The number of anilines is 2. The number of benzene rings is 2. The van der Waals surface area contributed by atoms with Crippen LogP contribution in [-0.4, -0.2) is 12.5 Å². The fourth-order valence-electron chi connectivity index (χ4n) is 1.57. The summed E-state index contributed by atoms with van der Waals surface area (Å²) in [5, 5.41) is 6.94. The maximum absolute atomic E-state index is 11.8. The molecular weight excluding hydrogens is 319 g/mol. The molecule has 0 aliphatic rings. The molecule has 0 heterocycles. The van der Waals surface area contributed by atoms with Crippen molar-refractivity contribution < 1.29 is 4.79 Å². The minimum Gasteiger partial charge on any atom is -0.375 e. The number of amides is 1. The van der Waals surface area contributed by atoms with Crippen molar-refractivity contribution in [3.63, 3.8) is 0 Å². The van der Waals surface area contributed by atoms with Crippen molar-refractivity contribution in [2.24, 2.45) is 0 Å². The van der Waals surface area contributed by atoms with Crippen molar-refractivity contribution in [2.45, 2.75) is 0 Å². The van der Waals surface area contributed by atoms with E-state index in [4.69, 9.17) is 34.8 Å². The van der Waals surface area contributed by atoms with Gasteiger partial charge in [0.15, 0.2) is 0 Å². The first-order valence-electron chi connectivity index (χ1n) is 5.80. The van der Waals surface area contributed by atoms with E-state index in [1.54, 1.807) is 42.5 Å². The van der Waals surface area contributed by atoms with Crippen LogP contribution in [0.1, 0.15) is 0 Å². The van der Waals surface area contributed by atoms with Gasteiger partial charge in [0.25, 0.3) is 0 Å². The second kappa shape index (κ2) is 6.84. The Morgan fingerprint density at radius 1 is 0.900 bits per heavy atom. The molecular formula is C14H11Cl3N2O. The maximum Gasteiger partial charge on any atom is 0.243 e. The Hall–Kier alpha value is -1.42. The number of para-hydroxylation sites is 1. The summed E-state index contributed by atoms with van der Waals surface area (Å²) in [5.74, 6) is -0.228. The Bertz CT molecular complexity index is 632. The molecule has 0 bridgehead atoms. The molecule has 2 N–H and O–H groups in total. The first-order valence-corrected chi connectivity index (χ1v) is 6.93. The summed E-state index contributed by atoms with van der Waals surface area (Å²) in [5.41, 5.74) is 1.17. The van der Waals surface area contributed by atoms with E-state index < -0.39 is 0 Å². The standard InChI is InChI=1S/C14H11Cl3N2O/c15-9-4-1-2-6-11(9)19-13(20)8-18-12-7-3-5-10(16)14(12)17/h1-7,18H,8H2,(H,19,20). The number of rotatable bonds is 4. The number of carbonyl (C=O) groups excluding carboxylic acids is 1. The predicted octanol–water partition coefficient (Wildman–Crippen LogP) is 4.70. The fraction of sp³-hybridized carbons (Fsp3) is 0.0714. The quantitative estimate of drug-likeness (QED) is 0.854. The summed E-state index contributed by atoms with van der Waals surface area (Å²) in [6, 6.07) is 12.2. The summed E-state index contributed by atoms with van der Waals surface area (Å²) in [4.78, 5) is 11.8. The lowest BCUT2D eigenvalue weighted by Crippen LogP contribution is -2.22. The van der Waals surface area contributed by atoms with Gasteiger partial charge in [0.05, 0.1) is 33.0 Å². The van der Waals surface area contributed by atoms with Crippen molar-refractivity contribution in [3.8, 4) is 0 Å². The lowest BCUT2D eigenvalue weighted by molar-refractivity contribution is -0.114. The molecule has 1 amide bonds. The van der Waals surface area contributed by atoms with Gasteiger partial charge >= 0.3 is 0 Å². The lowest BCUT2D eigenvalue weighted by atomic mass is 10.3. The normalized spacial score (nSPS) is 10.2. The Morgan fingerprint density at radius 2 is 1.55 bits per heavy atom. The van der Waals surface area contributed by atoms with Crippen molar-refractivity contribution >= 4 is 52.1 Å². The Kier molecular flexibility index (Phi) is 5.12. The first kappa shape index (κ1) is 15.0. The maximum atomic E-state index is 11.8. The van der Waals surface area contributed by atoms with Crippen molar-refractivity contribution in [3.05, 3.63) is 57.5 Å². The second-order valence-corrected chi connectivity index (χ2v) is 5.18. The van der Waals surface area contributed by atoms with E-state index in [0.29, 0.717) is 26.4 Å². The van der Waals surface area contributed by atoms with Gasteiger partial charge in [-0.1, -0.05) is 53.0 Å². The molecule has 3 nitrogen and oxygen atoms in total. The molecule has 0 spiro atoms. The van der Waals surface area contributed by atoms with Gasteiger partial charge in [-0.3, -0.25) is 4.79 Å². The number of halogens is 3. The molecule has 0 fully saturated rings. The zero-order chi connectivity index (χ0) is 14.5. The van der Waals surface area contributed by atoms with E-state index in [9.17, 15) is 4.79 Å². The highest BCUT2D eigenvalue weighted by Gasteiger charge is 2.08. The van der Waals surface area contributed by atoms with Crippen LogP contribution in [-0.2, 0) is 4.79 Å².